The zero-order chi connectivity index (χ0) is 15.3. The van der Waals surface area contributed by atoms with Crippen molar-refractivity contribution < 1.29 is 4.42 Å². The van der Waals surface area contributed by atoms with Crippen molar-refractivity contribution in [1.82, 2.24) is 10.5 Å². The first-order valence-corrected chi connectivity index (χ1v) is 7.45. The standard InChI is InChI=1S/C17H18N4O/c1-10(2)21-15-8-7-12(9-14(15)19-20-21)17-18-13-6-4-5-11(3)16(13)22-17/h4-10,19-20H,1-3H3. The van der Waals surface area contributed by atoms with E-state index < -0.39 is 0 Å². The van der Waals surface area contributed by atoms with E-state index in [9.17, 15) is 0 Å². The first kappa shape index (κ1) is 13.2. The number of oxazole rings is 1. The number of nitrogens with one attached hydrogen (secondary N) is 2. The monoisotopic (exact) mass is 294 g/mol. The highest BCUT2D eigenvalue weighted by Gasteiger charge is 2.22. The Kier molecular flexibility index (Phi) is 2.84. The summed E-state index contributed by atoms with van der Waals surface area (Å²) >= 11 is 0. The Morgan fingerprint density at radius 3 is 2.82 bits per heavy atom. The molecule has 2 aromatic carbocycles. The van der Waals surface area contributed by atoms with Gasteiger partial charge >= 0.3 is 0 Å². The number of aromatic nitrogens is 1. The molecule has 4 rings (SSSR count). The molecule has 0 amide bonds. The lowest BCUT2D eigenvalue weighted by atomic mass is 10.1. The molecule has 112 valence electrons. The largest absolute Gasteiger partial charge is 0.436 e. The number of nitrogens with zero attached hydrogens (tertiary/aromatic N) is 2. The minimum absolute atomic E-state index is 0.367. The quantitative estimate of drug-likeness (QED) is 0.751. The second-order valence-corrected chi connectivity index (χ2v) is 5.87. The molecule has 0 bridgehead atoms. The second kappa shape index (κ2) is 4.74. The number of hydrogen-bond donors (Lipinski definition) is 2. The summed E-state index contributed by atoms with van der Waals surface area (Å²) in [6, 6.07) is 12.6. The van der Waals surface area contributed by atoms with Crippen molar-refractivity contribution in [3.63, 3.8) is 0 Å². The van der Waals surface area contributed by atoms with E-state index in [1.165, 1.54) is 0 Å². The minimum atomic E-state index is 0.367. The van der Waals surface area contributed by atoms with E-state index in [1.54, 1.807) is 0 Å². The highest BCUT2D eigenvalue weighted by molar-refractivity contribution is 5.82. The van der Waals surface area contributed by atoms with Crippen LogP contribution in [0.15, 0.2) is 40.8 Å². The Morgan fingerprint density at radius 1 is 1.18 bits per heavy atom. The van der Waals surface area contributed by atoms with Gasteiger partial charge in [0.15, 0.2) is 5.58 Å². The lowest BCUT2D eigenvalue weighted by Gasteiger charge is -2.21. The van der Waals surface area contributed by atoms with Gasteiger partial charge in [0, 0.05) is 11.6 Å². The number of rotatable bonds is 2. The Balaban J connectivity index is 1.78. The smallest absolute Gasteiger partial charge is 0.227 e. The van der Waals surface area contributed by atoms with Crippen LogP contribution >= 0.6 is 0 Å². The van der Waals surface area contributed by atoms with Crippen LogP contribution in [0.3, 0.4) is 0 Å². The van der Waals surface area contributed by atoms with Gasteiger partial charge in [-0.25, -0.2) is 4.98 Å². The van der Waals surface area contributed by atoms with Crippen LogP contribution in [-0.2, 0) is 0 Å². The Bertz CT molecular complexity index is 853. The number of hydrazine groups is 2. The Hall–Kier alpha value is -2.53. The molecule has 0 aliphatic carbocycles. The Morgan fingerprint density at radius 2 is 2.05 bits per heavy atom. The lowest BCUT2D eigenvalue weighted by Crippen LogP contribution is -2.41. The van der Waals surface area contributed by atoms with Crippen LogP contribution in [0.25, 0.3) is 22.6 Å². The van der Waals surface area contributed by atoms with Crippen molar-refractivity contribution in [2.45, 2.75) is 26.8 Å². The van der Waals surface area contributed by atoms with E-state index in [0.717, 1.165) is 33.6 Å². The molecular weight excluding hydrogens is 276 g/mol. The van der Waals surface area contributed by atoms with Crippen molar-refractivity contribution in [2.75, 3.05) is 10.4 Å². The normalized spacial score (nSPS) is 13.7. The maximum atomic E-state index is 5.95. The number of benzene rings is 2. The number of hydrogen-bond acceptors (Lipinski definition) is 5. The van der Waals surface area contributed by atoms with Crippen molar-refractivity contribution >= 4 is 22.5 Å². The highest BCUT2D eigenvalue weighted by atomic mass is 16.3. The number of anilines is 2. The van der Waals surface area contributed by atoms with Gasteiger partial charge < -0.3 is 9.84 Å². The van der Waals surface area contributed by atoms with Gasteiger partial charge in [0.25, 0.3) is 0 Å². The predicted octanol–water partition coefficient (Wildman–Crippen LogP) is 3.86. The van der Waals surface area contributed by atoms with Gasteiger partial charge in [-0.1, -0.05) is 12.1 Å². The van der Waals surface area contributed by atoms with E-state index in [1.807, 2.05) is 31.2 Å². The number of para-hydroxylation sites is 1. The summed E-state index contributed by atoms with van der Waals surface area (Å²) in [5, 5.41) is 2.09. The maximum absolute atomic E-state index is 5.95. The van der Waals surface area contributed by atoms with Crippen molar-refractivity contribution in [3.05, 3.63) is 42.0 Å². The predicted molar refractivity (Wildman–Crippen MR) is 88.6 cm³/mol. The molecule has 0 saturated carbocycles. The van der Waals surface area contributed by atoms with Crippen molar-refractivity contribution in [2.24, 2.45) is 0 Å². The molecule has 22 heavy (non-hydrogen) atoms. The third-order valence-electron chi connectivity index (χ3n) is 3.94. The molecular formula is C17H18N4O. The fraction of sp³-hybridized carbons (Fsp3) is 0.235. The molecule has 3 aromatic rings. The Labute approximate surface area is 128 Å². The highest BCUT2D eigenvalue weighted by Crippen LogP contribution is 2.35. The summed E-state index contributed by atoms with van der Waals surface area (Å²) in [6.45, 7) is 6.31. The zero-order valence-corrected chi connectivity index (χ0v) is 12.8. The summed E-state index contributed by atoms with van der Waals surface area (Å²) in [5.41, 5.74) is 12.3. The topological polar surface area (TPSA) is 53.3 Å². The van der Waals surface area contributed by atoms with Crippen LogP contribution in [-0.4, -0.2) is 11.0 Å². The lowest BCUT2D eigenvalue weighted by molar-refractivity contribution is 0.617. The molecule has 0 fully saturated rings. The summed E-state index contributed by atoms with van der Waals surface area (Å²) < 4.78 is 5.95. The first-order chi connectivity index (χ1) is 10.6. The molecule has 0 spiro atoms. The molecule has 1 aromatic heterocycles. The van der Waals surface area contributed by atoms with Gasteiger partial charge in [-0.3, -0.25) is 5.01 Å². The SMILES string of the molecule is Cc1cccc2nc(-c3ccc4c(c3)NNN4C(C)C)oc12. The van der Waals surface area contributed by atoms with E-state index in [4.69, 9.17) is 4.42 Å². The van der Waals surface area contributed by atoms with E-state index in [0.29, 0.717) is 11.9 Å². The van der Waals surface area contributed by atoms with E-state index in [-0.39, 0.29) is 0 Å². The first-order valence-electron chi connectivity index (χ1n) is 7.45. The third-order valence-corrected chi connectivity index (χ3v) is 3.94. The van der Waals surface area contributed by atoms with E-state index >= 15 is 0 Å². The van der Waals surface area contributed by atoms with Gasteiger partial charge in [0.1, 0.15) is 5.52 Å². The summed E-state index contributed by atoms with van der Waals surface area (Å²) in [6.07, 6.45) is 0. The average molecular weight is 294 g/mol. The van der Waals surface area contributed by atoms with Gasteiger partial charge in [-0.05, 0) is 50.6 Å². The van der Waals surface area contributed by atoms with E-state index in [2.05, 4.69) is 46.9 Å². The van der Waals surface area contributed by atoms with Gasteiger partial charge in [0.05, 0.1) is 11.4 Å². The number of aryl methyl sites for hydroxylation is 1. The molecule has 1 aliphatic rings. The second-order valence-electron chi connectivity index (χ2n) is 5.87. The van der Waals surface area contributed by atoms with Crippen LogP contribution in [0.5, 0.6) is 0 Å². The molecule has 5 heteroatoms. The van der Waals surface area contributed by atoms with Crippen LogP contribution in [0.2, 0.25) is 0 Å². The molecule has 1 aliphatic heterocycles. The molecule has 2 heterocycles. The third kappa shape index (κ3) is 1.94. The molecule has 0 saturated heterocycles. The fourth-order valence-electron chi connectivity index (χ4n) is 2.78. The minimum Gasteiger partial charge on any atom is -0.436 e. The van der Waals surface area contributed by atoms with Crippen LogP contribution < -0.4 is 16.0 Å². The van der Waals surface area contributed by atoms with Crippen molar-refractivity contribution in [3.8, 4) is 11.5 Å². The van der Waals surface area contributed by atoms with Gasteiger partial charge in [-0.2, -0.15) is 0 Å². The maximum Gasteiger partial charge on any atom is 0.227 e. The summed E-state index contributed by atoms with van der Waals surface area (Å²) in [5.74, 6) is 0.650. The van der Waals surface area contributed by atoms with Crippen LogP contribution in [0.4, 0.5) is 11.4 Å². The molecule has 0 atom stereocenters. The summed E-state index contributed by atoms with van der Waals surface area (Å²) in [7, 11) is 0. The summed E-state index contributed by atoms with van der Waals surface area (Å²) in [4.78, 5) is 4.59. The van der Waals surface area contributed by atoms with Crippen molar-refractivity contribution in [1.29, 1.82) is 0 Å². The average Bonchev–Trinajstić information content (AvgIpc) is 3.11. The van der Waals surface area contributed by atoms with Crippen LogP contribution in [0.1, 0.15) is 19.4 Å². The van der Waals surface area contributed by atoms with Crippen LogP contribution in [0, 0.1) is 6.92 Å². The number of fused-ring (bicyclic) bond motifs is 2. The molecule has 0 radical (unpaired) electrons. The molecule has 0 unspecified atom stereocenters. The zero-order valence-electron chi connectivity index (χ0n) is 12.8. The molecule has 5 nitrogen and oxygen atoms in total. The molecule has 2 N–H and O–H groups in total. The van der Waals surface area contributed by atoms with Gasteiger partial charge in [0.2, 0.25) is 5.89 Å². The van der Waals surface area contributed by atoms with Gasteiger partial charge in [-0.15, -0.1) is 5.53 Å². The fourth-order valence-corrected chi connectivity index (χ4v) is 2.78.